The van der Waals surface area contributed by atoms with Crippen molar-refractivity contribution in [3.8, 4) is 0 Å². The molecule has 0 amide bonds. The molecule has 1 N–H and O–H groups in total. The Labute approximate surface area is 98.8 Å². The number of aliphatic hydroxyl groups is 1. The van der Waals surface area contributed by atoms with Gasteiger partial charge in [-0.05, 0) is 19.3 Å². The second kappa shape index (κ2) is 5.99. The lowest BCUT2D eigenvalue weighted by Gasteiger charge is -2.42. The largest absolute Gasteiger partial charge is 0.391 e. The Morgan fingerprint density at radius 2 is 2.06 bits per heavy atom. The van der Waals surface area contributed by atoms with E-state index in [4.69, 9.17) is 4.74 Å². The predicted molar refractivity (Wildman–Crippen MR) is 64.5 cm³/mol. The van der Waals surface area contributed by atoms with Crippen LogP contribution >= 0.6 is 0 Å². The molecule has 1 aliphatic carbocycles. The summed E-state index contributed by atoms with van der Waals surface area (Å²) in [4.78, 5) is 2.51. The van der Waals surface area contributed by atoms with Crippen LogP contribution in [-0.2, 0) is 4.74 Å². The van der Waals surface area contributed by atoms with Gasteiger partial charge >= 0.3 is 0 Å². The van der Waals surface area contributed by atoms with Crippen LogP contribution in [0.4, 0.5) is 0 Å². The maximum absolute atomic E-state index is 10.2. The minimum Gasteiger partial charge on any atom is -0.391 e. The Kier molecular flexibility index (Phi) is 4.62. The molecule has 94 valence electrons. The van der Waals surface area contributed by atoms with E-state index in [1.54, 1.807) is 0 Å². The zero-order valence-electron chi connectivity index (χ0n) is 10.4. The quantitative estimate of drug-likeness (QED) is 0.730. The molecule has 1 saturated heterocycles. The summed E-state index contributed by atoms with van der Waals surface area (Å²) < 4.78 is 5.54. The molecule has 2 fully saturated rings. The summed E-state index contributed by atoms with van der Waals surface area (Å²) in [6.07, 6.45) is 6.91. The Morgan fingerprint density at radius 3 is 2.88 bits per heavy atom. The molecule has 3 atom stereocenters. The maximum Gasteiger partial charge on any atom is 0.0695 e. The van der Waals surface area contributed by atoms with Crippen molar-refractivity contribution in [1.29, 1.82) is 0 Å². The van der Waals surface area contributed by atoms with Crippen LogP contribution in [0.2, 0.25) is 0 Å². The number of rotatable bonds is 2. The van der Waals surface area contributed by atoms with Gasteiger partial charge in [0.2, 0.25) is 0 Å². The molecule has 1 aliphatic heterocycles. The van der Waals surface area contributed by atoms with Gasteiger partial charge in [-0.15, -0.1) is 0 Å². The van der Waals surface area contributed by atoms with Gasteiger partial charge in [0.15, 0.2) is 0 Å². The van der Waals surface area contributed by atoms with Crippen LogP contribution in [0, 0.1) is 0 Å². The van der Waals surface area contributed by atoms with E-state index >= 15 is 0 Å². The second-order valence-electron chi connectivity index (χ2n) is 5.15. The Hall–Kier alpha value is -0.120. The number of hydrogen-bond acceptors (Lipinski definition) is 3. The molecule has 0 spiro atoms. The topological polar surface area (TPSA) is 32.7 Å². The lowest BCUT2D eigenvalue weighted by atomic mass is 10.0. The first kappa shape index (κ1) is 12.3. The lowest BCUT2D eigenvalue weighted by Crippen LogP contribution is -2.54. The maximum atomic E-state index is 10.2. The third-order valence-electron chi connectivity index (χ3n) is 4.11. The molecule has 3 nitrogen and oxygen atoms in total. The van der Waals surface area contributed by atoms with E-state index in [1.807, 2.05) is 0 Å². The molecular weight excluding hydrogens is 202 g/mol. The van der Waals surface area contributed by atoms with Crippen LogP contribution in [-0.4, -0.2) is 48.0 Å². The fourth-order valence-electron chi connectivity index (χ4n) is 3.11. The van der Waals surface area contributed by atoms with Crippen molar-refractivity contribution in [3.63, 3.8) is 0 Å². The van der Waals surface area contributed by atoms with Gasteiger partial charge in [-0.25, -0.2) is 0 Å². The molecule has 0 aromatic heterocycles. The summed E-state index contributed by atoms with van der Waals surface area (Å²) in [5.41, 5.74) is 0. The highest BCUT2D eigenvalue weighted by Crippen LogP contribution is 2.26. The molecular formula is C13H25NO2. The van der Waals surface area contributed by atoms with Gasteiger partial charge in [-0.2, -0.15) is 0 Å². The highest BCUT2D eigenvalue weighted by molar-refractivity contribution is 4.87. The fraction of sp³-hybridized carbons (Fsp3) is 1.00. The molecule has 16 heavy (non-hydrogen) atoms. The van der Waals surface area contributed by atoms with Crippen molar-refractivity contribution in [2.24, 2.45) is 0 Å². The smallest absolute Gasteiger partial charge is 0.0695 e. The van der Waals surface area contributed by atoms with Gasteiger partial charge in [0.05, 0.1) is 19.3 Å². The summed E-state index contributed by atoms with van der Waals surface area (Å²) in [7, 11) is 0. The molecule has 3 unspecified atom stereocenters. The Bertz CT molecular complexity index is 210. The molecule has 0 radical (unpaired) electrons. The van der Waals surface area contributed by atoms with Crippen molar-refractivity contribution in [1.82, 2.24) is 4.90 Å². The zero-order valence-corrected chi connectivity index (χ0v) is 10.4. The third kappa shape index (κ3) is 2.76. The monoisotopic (exact) mass is 227 g/mol. The minimum absolute atomic E-state index is 0.116. The van der Waals surface area contributed by atoms with Gasteiger partial charge in [0.25, 0.3) is 0 Å². The molecule has 3 heteroatoms. The van der Waals surface area contributed by atoms with E-state index in [0.717, 1.165) is 39.0 Å². The van der Waals surface area contributed by atoms with Gasteiger partial charge in [0.1, 0.15) is 0 Å². The first-order valence-electron chi connectivity index (χ1n) is 6.84. The Balaban J connectivity index is 2.01. The van der Waals surface area contributed by atoms with Gasteiger partial charge in [-0.3, -0.25) is 4.90 Å². The van der Waals surface area contributed by atoms with Gasteiger partial charge in [0, 0.05) is 18.6 Å². The van der Waals surface area contributed by atoms with Crippen LogP contribution in [0.1, 0.15) is 45.4 Å². The second-order valence-corrected chi connectivity index (χ2v) is 5.15. The number of aliphatic hydroxyl groups excluding tert-OH is 1. The zero-order chi connectivity index (χ0) is 11.4. The summed E-state index contributed by atoms with van der Waals surface area (Å²) in [6.45, 7) is 4.90. The average molecular weight is 227 g/mol. The SMILES string of the molecule is CCC1COCCN1C1CCCCCC1O. The summed E-state index contributed by atoms with van der Waals surface area (Å²) in [6, 6.07) is 0.905. The Morgan fingerprint density at radius 1 is 1.25 bits per heavy atom. The predicted octanol–water partition coefficient (Wildman–Crippen LogP) is 1.79. The number of ether oxygens (including phenoxy) is 1. The third-order valence-corrected chi connectivity index (χ3v) is 4.11. The van der Waals surface area contributed by atoms with E-state index in [0.29, 0.717) is 12.1 Å². The minimum atomic E-state index is -0.116. The van der Waals surface area contributed by atoms with Crippen LogP contribution in [0.5, 0.6) is 0 Å². The van der Waals surface area contributed by atoms with Crippen molar-refractivity contribution < 1.29 is 9.84 Å². The first-order valence-corrected chi connectivity index (χ1v) is 6.84. The molecule has 1 heterocycles. The number of nitrogens with zero attached hydrogens (tertiary/aromatic N) is 1. The standard InChI is InChI=1S/C13H25NO2/c1-2-11-10-16-9-8-14(11)12-6-4-3-5-7-13(12)15/h11-13,15H,2-10H2,1H3. The molecule has 2 rings (SSSR count). The summed E-state index contributed by atoms with van der Waals surface area (Å²) >= 11 is 0. The number of hydrogen-bond donors (Lipinski definition) is 1. The van der Waals surface area contributed by atoms with Crippen LogP contribution in [0.15, 0.2) is 0 Å². The normalized spacial score (nSPS) is 38.2. The number of morpholine rings is 1. The van der Waals surface area contributed by atoms with E-state index in [2.05, 4.69) is 11.8 Å². The summed E-state index contributed by atoms with van der Waals surface area (Å²) in [5, 5.41) is 10.2. The van der Waals surface area contributed by atoms with Gasteiger partial charge in [-0.1, -0.05) is 26.2 Å². The van der Waals surface area contributed by atoms with Crippen LogP contribution < -0.4 is 0 Å². The first-order chi connectivity index (χ1) is 7.83. The van der Waals surface area contributed by atoms with E-state index in [9.17, 15) is 5.11 Å². The fourth-order valence-corrected chi connectivity index (χ4v) is 3.11. The molecule has 0 aromatic carbocycles. The average Bonchev–Trinajstić information content (AvgIpc) is 2.54. The van der Waals surface area contributed by atoms with Crippen molar-refractivity contribution in [3.05, 3.63) is 0 Å². The van der Waals surface area contributed by atoms with E-state index < -0.39 is 0 Å². The van der Waals surface area contributed by atoms with Crippen molar-refractivity contribution >= 4 is 0 Å². The summed E-state index contributed by atoms with van der Waals surface area (Å²) in [5.74, 6) is 0. The molecule has 0 aromatic rings. The van der Waals surface area contributed by atoms with Gasteiger partial charge < -0.3 is 9.84 Å². The van der Waals surface area contributed by atoms with Crippen LogP contribution in [0.25, 0.3) is 0 Å². The highest BCUT2D eigenvalue weighted by Gasteiger charge is 2.33. The highest BCUT2D eigenvalue weighted by atomic mass is 16.5. The van der Waals surface area contributed by atoms with E-state index in [1.165, 1.54) is 19.3 Å². The van der Waals surface area contributed by atoms with Crippen LogP contribution in [0.3, 0.4) is 0 Å². The molecule has 1 saturated carbocycles. The lowest BCUT2D eigenvalue weighted by molar-refractivity contribution is -0.0615. The molecule has 2 aliphatic rings. The van der Waals surface area contributed by atoms with E-state index in [-0.39, 0.29) is 6.10 Å². The molecule has 0 bridgehead atoms. The van der Waals surface area contributed by atoms with Crippen molar-refractivity contribution in [2.45, 2.75) is 63.6 Å². The van der Waals surface area contributed by atoms with Crippen molar-refractivity contribution in [2.75, 3.05) is 19.8 Å².